The molecular formula is C20H25F3N6O2. The van der Waals surface area contributed by atoms with Gasteiger partial charge in [0.2, 0.25) is 5.91 Å². The molecule has 1 unspecified atom stereocenters. The summed E-state index contributed by atoms with van der Waals surface area (Å²) in [6, 6.07) is 6.24. The van der Waals surface area contributed by atoms with Crippen molar-refractivity contribution in [2.45, 2.75) is 38.5 Å². The molecule has 1 saturated carbocycles. The Kier molecular flexibility index (Phi) is 6.75. The van der Waals surface area contributed by atoms with Gasteiger partial charge in [0, 0.05) is 24.2 Å². The van der Waals surface area contributed by atoms with Crippen LogP contribution < -0.4 is 10.6 Å². The highest BCUT2D eigenvalue weighted by Crippen LogP contribution is 2.59. The molecule has 0 radical (unpaired) electrons. The third kappa shape index (κ3) is 5.10. The number of benzene rings is 1. The van der Waals surface area contributed by atoms with Crippen molar-refractivity contribution in [1.82, 2.24) is 25.5 Å². The van der Waals surface area contributed by atoms with Crippen molar-refractivity contribution in [2.24, 2.45) is 11.3 Å². The molecule has 1 aromatic heterocycles. The number of nitrogens with one attached hydrogen (secondary N) is 2. The summed E-state index contributed by atoms with van der Waals surface area (Å²) in [4.78, 5) is 11.5. The number of carbonyl (C=O) groups is 1. The molecule has 0 bridgehead atoms. The van der Waals surface area contributed by atoms with E-state index in [4.69, 9.17) is 0 Å². The van der Waals surface area contributed by atoms with Gasteiger partial charge >= 0.3 is 6.18 Å². The zero-order chi connectivity index (χ0) is 22.6. The number of aliphatic hydroxyl groups is 1. The van der Waals surface area contributed by atoms with Crippen LogP contribution in [0.4, 0.5) is 18.9 Å². The third-order valence-electron chi connectivity index (χ3n) is 5.51. The molecule has 0 saturated heterocycles. The van der Waals surface area contributed by atoms with Crippen LogP contribution in [-0.2, 0) is 11.3 Å². The van der Waals surface area contributed by atoms with Crippen LogP contribution in [0, 0.1) is 11.3 Å². The highest BCUT2D eigenvalue weighted by molar-refractivity contribution is 5.98. The number of aliphatic hydroxyl groups excluding tert-OH is 1. The summed E-state index contributed by atoms with van der Waals surface area (Å²) < 4.78 is 41.1. The van der Waals surface area contributed by atoms with Crippen LogP contribution in [-0.4, -0.2) is 50.5 Å². The Morgan fingerprint density at radius 1 is 1.42 bits per heavy atom. The molecule has 31 heavy (non-hydrogen) atoms. The number of anilines is 1. The number of hydrogen-bond donors (Lipinski definition) is 3. The van der Waals surface area contributed by atoms with Gasteiger partial charge in [-0.3, -0.25) is 4.79 Å². The highest BCUT2D eigenvalue weighted by Gasteiger charge is 2.66. The SMILES string of the molecule is C=CC(=O)Nc1ccc(C(NC[C@@]2(CO)C[C@H]2C(F)(F)F)c2nnnn2CCC)cc1. The first-order valence-electron chi connectivity index (χ1n) is 9.94. The lowest BCUT2D eigenvalue weighted by atomic mass is 10.0. The zero-order valence-corrected chi connectivity index (χ0v) is 17.1. The smallest absolute Gasteiger partial charge is 0.392 e. The number of tetrazole rings is 1. The second-order valence-electron chi connectivity index (χ2n) is 7.71. The summed E-state index contributed by atoms with van der Waals surface area (Å²) in [5, 5.41) is 27.2. The molecule has 1 aromatic carbocycles. The largest absolute Gasteiger partial charge is 0.396 e. The fourth-order valence-electron chi connectivity index (χ4n) is 3.64. The first kappa shape index (κ1) is 22.9. The average Bonchev–Trinajstić information content (AvgIpc) is 3.33. The molecule has 168 valence electrons. The number of nitrogens with zero attached hydrogens (tertiary/aromatic N) is 4. The highest BCUT2D eigenvalue weighted by atomic mass is 19.4. The monoisotopic (exact) mass is 438 g/mol. The molecule has 1 amide bonds. The Bertz CT molecular complexity index is 914. The van der Waals surface area contributed by atoms with Gasteiger partial charge in [-0.25, -0.2) is 4.68 Å². The summed E-state index contributed by atoms with van der Waals surface area (Å²) in [6.45, 7) is 5.29. The van der Waals surface area contributed by atoms with Gasteiger partial charge in [0.25, 0.3) is 0 Å². The van der Waals surface area contributed by atoms with Crippen molar-refractivity contribution < 1.29 is 23.1 Å². The molecule has 3 rings (SSSR count). The van der Waals surface area contributed by atoms with Crippen molar-refractivity contribution in [1.29, 1.82) is 0 Å². The molecular weight excluding hydrogens is 413 g/mol. The van der Waals surface area contributed by atoms with E-state index in [1.807, 2.05) is 6.92 Å². The summed E-state index contributed by atoms with van der Waals surface area (Å²) in [7, 11) is 0. The number of alkyl halides is 3. The molecule has 8 nitrogen and oxygen atoms in total. The molecule has 3 atom stereocenters. The molecule has 1 aliphatic rings. The maximum atomic E-state index is 13.2. The quantitative estimate of drug-likeness (QED) is 0.492. The Morgan fingerprint density at radius 3 is 2.68 bits per heavy atom. The van der Waals surface area contributed by atoms with Gasteiger partial charge < -0.3 is 15.7 Å². The fourth-order valence-corrected chi connectivity index (χ4v) is 3.64. The summed E-state index contributed by atoms with van der Waals surface area (Å²) in [5.41, 5.74) is 0.00462. The van der Waals surface area contributed by atoms with E-state index in [-0.39, 0.29) is 18.9 Å². The number of rotatable bonds is 10. The second kappa shape index (κ2) is 9.15. The van der Waals surface area contributed by atoms with Crippen molar-refractivity contribution >= 4 is 11.6 Å². The Morgan fingerprint density at radius 2 is 2.13 bits per heavy atom. The van der Waals surface area contributed by atoms with Gasteiger partial charge in [-0.2, -0.15) is 13.2 Å². The summed E-state index contributed by atoms with van der Waals surface area (Å²) in [6.07, 6.45) is -2.56. The van der Waals surface area contributed by atoms with Crippen LogP contribution in [0.2, 0.25) is 0 Å². The topological polar surface area (TPSA) is 105 Å². The van der Waals surface area contributed by atoms with Gasteiger partial charge in [0.1, 0.15) is 0 Å². The van der Waals surface area contributed by atoms with Crippen LogP contribution in [0.25, 0.3) is 0 Å². The van der Waals surface area contributed by atoms with Crippen LogP contribution >= 0.6 is 0 Å². The Labute approximate surface area is 177 Å². The first-order valence-corrected chi connectivity index (χ1v) is 9.94. The number of aryl methyl sites for hydroxylation is 1. The summed E-state index contributed by atoms with van der Waals surface area (Å²) >= 11 is 0. The van der Waals surface area contributed by atoms with Crippen molar-refractivity contribution in [3.63, 3.8) is 0 Å². The molecule has 1 aliphatic carbocycles. The number of amides is 1. The number of carbonyl (C=O) groups excluding carboxylic acids is 1. The van der Waals surface area contributed by atoms with E-state index in [1.165, 1.54) is 0 Å². The summed E-state index contributed by atoms with van der Waals surface area (Å²) in [5.74, 6) is -1.44. The maximum Gasteiger partial charge on any atom is 0.392 e. The minimum atomic E-state index is -4.35. The van der Waals surface area contributed by atoms with Crippen LogP contribution in [0.3, 0.4) is 0 Å². The zero-order valence-electron chi connectivity index (χ0n) is 17.1. The van der Waals surface area contributed by atoms with Crippen LogP contribution in [0.5, 0.6) is 0 Å². The number of halogens is 3. The fraction of sp³-hybridized carbons (Fsp3) is 0.500. The van der Waals surface area contributed by atoms with E-state index in [0.29, 0.717) is 23.6 Å². The standard InChI is InChI=1S/C20H25F3N6O2/c1-3-9-29-18(26-27-28-29)17(13-5-7-14(8-6-13)25-16(31)4-2)24-11-19(12-30)10-15(19)20(21,22)23/h4-8,15,17,24,30H,2-3,9-12H2,1H3,(H,25,31)/t15-,17?,19-/m1/s1. The molecule has 0 spiro atoms. The minimum absolute atomic E-state index is 0.0493. The van der Waals surface area contributed by atoms with E-state index in [1.54, 1.807) is 28.9 Å². The maximum absolute atomic E-state index is 13.2. The van der Waals surface area contributed by atoms with Gasteiger partial charge in [0.15, 0.2) is 5.82 Å². The van der Waals surface area contributed by atoms with Crippen LogP contribution in [0.1, 0.15) is 37.2 Å². The van der Waals surface area contributed by atoms with Crippen molar-refractivity contribution in [3.05, 3.63) is 48.3 Å². The molecule has 3 N–H and O–H groups in total. The van der Waals surface area contributed by atoms with E-state index >= 15 is 0 Å². The predicted octanol–water partition coefficient (Wildman–Crippen LogP) is 2.45. The second-order valence-corrected chi connectivity index (χ2v) is 7.71. The molecule has 11 heteroatoms. The van der Waals surface area contributed by atoms with E-state index in [2.05, 4.69) is 32.7 Å². The van der Waals surface area contributed by atoms with Crippen LogP contribution in [0.15, 0.2) is 36.9 Å². The van der Waals surface area contributed by atoms with Gasteiger partial charge in [-0.15, -0.1) is 5.10 Å². The lowest BCUT2D eigenvalue weighted by Gasteiger charge is -2.23. The third-order valence-corrected chi connectivity index (χ3v) is 5.51. The number of hydrogen-bond acceptors (Lipinski definition) is 6. The molecule has 0 aliphatic heterocycles. The van der Waals surface area contributed by atoms with E-state index in [0.717, 1.165) is 12.5 Å². The Balaban J connectivity index is 1.85. The van der Waals surface area contributed by atoms with E-state index < -0.39 is 30.2 Å². The lowest BCUT2D eigenvalue weighted by Crippen LogP contribution is -2.35. The molecule has 1 fully saturated rings. The molecule has 2 aromatic rings. The average molecular weight is 438 g/mol. The van der Waals surface area contributed by atoms with Crippen molar-refractivity contribution in [3.8, 4) is 0 Å². The van der Waals surface area contributed by atoms with Gasteiger partial charge in [-0.05, 0) is 47.0 Å². The Hall–Kier alpha value is -2.79. The predicted molar refractivity (Wildman–Crippen MR) is 107 cm³/mol. The lowest BCUT2D eigenvalue weighted by molar-refractivity contribution is -0.158. The first-order chi connectivity index (χ1) is 14.7. The minimum Gasteiger partial charge on any atom is -0.396 e. The molecule has 1 heterocycles. The van der Waals surface area contributed by atoms with Gasteiger partial charge in [0.05, 0.1) is 18.6 Å². The van der Waals surface area contributed by atoms with E-state index in [9.17, 15) is 23.1 Å². The van der Waals surface area contributed by atoms with Gasteiger partial charge in [-0.1, -0.05) is 25.6 Å². The normalized spacial score (nSPS) is 21.5. The van der Waals surface area contributed by atoms with Crippen molar-refractivity contribution in [2.75, 3.05) is 18.5 Å². The number of aromatic nitrogens is 4.